The van der Waals surface area contributed by atoms with Gasteiger partial charge in [0.2, 0.25) is 11.0 Å². The van der Waals surface area contributed by atoms with Crippen LogP contribution in [0.15, 0.2) is 28.6 Å². The van der Waals surface area contributed by atoms with Gasteiger partial charge in [-0.15, -0.1) is 10.2 Å². The van der Waals surface area contributed by atoms with E-state index in [1.165, 1.54) is 47.4 Å². The van der Waals surface area contributed by atoms with Crippen molar-refractivity contribution >= 4 is 39.8 Å². The van der Waals surface area contributed by atoms with Crippen LogP contribution in [0, 0.1) is 0 Å². The Kier molecular flexibility index (Phi) is 5.90. The molecule has 2 rings (SSSR count). The van der Waals surface area contributed by atoms with Crippen molar-refractivity contribution in [2.24, 2.45) is 0 Å². The number of ether oxygens (including phenoxy) is 1. The van der Waals surface area contributed by atoms with Crippen molar-refractivity contribution in [1.29, 1.82) is 0 Å². The lowest BCUT2D eigenvalue weighted by Gasteiger charge is -2.07. The molecule has 22 heavy (non-hydrogen) atoms. The number of alkyl halides is 2. The third-order valence-electron chi connectivity index (χ3n) is 2.31. The van der Waals surface area contributed by atoms with E-state index in [1.54, 1.807) is 7.05 Å². The Morgan fingerprint density at radius 2 is 2.09 bits per heavy atom. The minimum atomic E-state index is -2.87. The first-order chi connectivity index (χ1) is 10.6. The fraction of sp³-hybridized carbons (Fsp3) is 0.250. The standard InChI is InChI=1S/C12H12F2N4O2S2/c1-15-11-17-18-12(22-11)21-6-9(19)16-7-2-4-8(5-3-7)20-10(13)14/h2-5,10H,6H2,1H3,(H,15,17)(H,16,19). The average Bonchev–Trinajstić information content (AvgIpc) is 2.95. The number of amides is 1. The highest BCUT2D eigenvalue weighted by Crippen LogP contribution is 2.25. The van der Waals surface area contributed by atoms with Crippen LogP contribution in [0.25, 0.3) is 0 Å². The topological polar surface area (TPSA) is 76.1 Å². The van der Waals surface area contributed by atoms with Gasteiger partial charge in [-0.2, -0.15) is 8.78 Å². The molecule has 0 unspecified atom stereocenters. The fourth-order valence-electron chi connectivity index (χ4n) is 1.41. The van der Waals surface area contributed by atoms with Gasteiger partial charge < -0.3 is 15.4 Å². The highest BCUT2D eigenvalue weighted by molar-refractivity contribution is 8.01. The quantitative estimate of drug-likeness (QED) is 0.751. The number of thioether (sulfide) groups is 1. The second kappa shape index (κ2) is 7.90. The van der Waals surface area contributed by atoms with Crippen molar-refractivity contribution in [3.63, 3.8) is 0 Å². The van der Waals surface area contributed by atoms with E-state index in [4.69, 9.17) is 0 Å². The third kappa shape index (κ3) is 5.11. The zero-order valence-electron chi connectivity index (χ0n) is 11.4. The maximum Gasteiger partial charge on any atom is 0.387 e. The van der Waals surface area contributed by atoms with Gasteiger partial charge in [0, 0.05) is 12.7 Å². The first-order valence-electron chi connectivity index (χ1n) is 6.05. The molecule has 118 valence electrons. The Balaban J connectivity index is 1.81. The molecule has 6 nitrogen and oxygen atoms in total. The lowest BCUT2D eigenvalue weighted by molar-refractivity contribution is -0.113. The van der Waals surface area contributed by atoms with Crippen LogP contribution in [0.3, 0.4) is 0 Å². The van der Waals surface area contributed by atoms with Gasteiger partial charge in [0.05, 0.1) is 5.75 Å². The molecular formula is C12H12F2N4O2S2. The number of benzene rings is 1. The van der Waals surface area contributed by atoms with E-state index in [1.807, 2.05) is 0 Å². The molecule has 2 aromatic rings. The van der Waals surface area contributed by atoms with Gasteiger partial charge >= 0.3 is 6.61 Å². The molecule has 1 heterocycles. The second-order valence-corrected chi connectivity index (χ2v) is 6.06. The molecule has 0 saturated heterocycles. The van der Waals surface area contributed by atoms with Crippen molar-refractivity contribution in [2.75, 3.05) is 23.4 Å². The van der Waals surface area contributed by atoms with Crippen molar-refractivity contribution < 1.29 is 18.3 Å². The number of anilines is 2. The smallest absolute Gasteiger partial charge is 0.387 e. The van der Waals surface area contributed by atoms with Crippen molar-refractivity contribution in [1.82, 2.24) is 10.2 Å². The number of aromatic nitrogens is 2. The third-order valence-corrected chi connectivity index (χ3v) is 4.38. The highest BCUT2D eigenvalue weighted by Gasteiger charge is 2.08. The summed E-state index contributed by atoms with van der Waals surface area (Å²) in [4.78, 5) is 11.8. The monoisotopic (exact) mass is 346 g/mol. The number of carbonyl (C=O) groups excluding carboxylic acids is 1. The molecule has 0 spiro atoms. The van der Waals surface area contributed by atoms with Gasteiger partial charge in [0.25, 0.3) is 0 Å². The molecule has 0 aliphatic rings. The number of halogens is 2. The maximum absolute atomic E-state index is 12.0. The van der Waals surface area contributed by atoms with E-state index in [-0.39, 0.29) is 17.4 Å². The van der Waals surface area contributed by atoms with Crippen LogP contribution < -0.4 is 15.4 Å². The molecule has 1 amide bonds. The number of hydrogen-bond acceptors (Lipinski definition) is 7. The summed E-state index contributed by atoms with van der Waals surface area (Å²) in [5.74, 6) is -0.0160. The largest absolute Gasteiger partial charge is 0.435 e. The summed E-state index contributed by atoms with van der Waals surface area (Å²) >= 11 is 2.62. The summed E-state index contributed by atoms with van der Waals surface area (Å²) in [6, 6.07) is 5.70. The van der Waals surface area contributed by atoms with Crippen LogP contribution in [-0.2, 0) is 4.79 Å². The number of carbonyl (C=O) groups is 1. The minimum absolute atomic E-state index is 0.0378. The first-order valence-corrected chi connectivity index (χ1v) is 7.86. The van der Waals surface area contributed by atoms with E-state index in [0.717, 1.165) is 0 Å². The van der Waals surface area contributed by atoms with Crippen LogP contribution in [0.4, 0.5) is 19.6 Å². The Hall–Kier alpha value is -1.94. The zero-order valence-corrected chi connectivity index (χ0v) is 13.0. The summed E-state index contributed by atoms with van der Waals surface area (Å²) in [5.41, 5.74) is 0.500. The lowest BCUT2D eigenvalue weighted by atomic mass is 10.3. The van der Waals surface area contributed by atoms with Crippen LogP contribution in [-0.4, -0.2) is 35.5 Å². The summed E-state index contributed by atoms with van der Waals surface area (Å²) in [6.07, 6.45) is 0. The molecule has 0 aliphatic carbocycles. The van der Waals surface area contributed by atoms with Gasteiger partial charge in [-0.25, -0.2) is 0 Å². The van der Waals surface area contributed by atoms with Crippen LogP contribution >= 0.6 is 23.1 Å². The van der Waals surface area contributed by atoms with Crippen LogP contribution in [0.2, 0.25) is 0 Å². The Bertz CT molecular complexity index is 622. The number of rotatable bonds is 7. The molecule has 1 aromatic heterocycles. The Morgan fingerprint density at radius 3 is 2.68 bits per heavy atom. The zero-order chi connectivity index (χ0) is 15.9. The minimum Gasteiger partial charge on any atom is -0.435 e. The number of nitrogens with one attached hydrogen (secondary N) is 2. The SMILES string of the molecule is CNc1nnc(SCC(=O)Nc2ccc(OC(F)F)cc2)s1. The van der Waals surface area contributed by atoms with E-state index < -0.39 is 6.61 Å². The highest BCUT2D eigenvalue weighted by atomic mass is 32.2. The molecule has 0 radical (unpaired) electrons. The molecule has 0 aliphatic heterocycles. The van der Waals surface area contributed by atoms with Crippen LogP contribution in [0.1, 0.15) is 0 Å². The van der Waals surface area contributed by atoms with Crippen molar-refractivity contribution in [3.8, 4) is 5.75 Å². The summed E-state index contributed by atoms with van der Waals surface area (Å²) in [7, 11) is 1.74. The summed E-state index contributed by atoms with van der Waals surface area (Å²) in [6.45, 7) is -2.87. The van der Waals surface area contributed by atoms with Crippen molar-refractivity contribution in [3.05, 3.63) is 24.3 Å². The first kappa shape index (κ1) is 16.4. The van der Waals surface area contributed by atoms with Gasteiger partial charge in [0.1, 0.15) is 5.75 Å². The van der Waals surface area contributed by atoms with Gasteiger partial charge in [-0.1, -0.05) is 23.1 Å². The molecular weight excluding hydrogens is 334 g/mol. The molecule has 10 heteroatoms. The van der Waals surface area contributed by atoms with E-state index in [2.05, 4.69) is 25.6 Å². The summed E-state index contributed by atoms with van der Waals surface area (Å²) < 4.78 is 28.9. The Morgan fingerprint density at radius 1 is 1.36 bits per heavy atom. The molecule has 0 bridgehead atoms. The van der Waals surface area contributed by atoms with Crippen molar-refractivity contribution in [2.45, 2.75) is 11.0 Å². The van der Waals surface area contributed by atoms with Crippen LogP contribution in [0.5, 0.6) is 5.75 Å². The van der Waals surface area contributed by atoms with Gasteiger partial charge in [-0.3, -0.25) is 4.79 Å². The van der Waals surface area contributed by atoms with Gasteiger partial charge in [0.15, 0.2) is 4.34 Å². The fourth-order valence-corrected chi connectivity index (χ4v) is 2.92. The van der Waals surface area contributed by atoms with Gasteiger partial charge in [-0.05, 0) is 24.3 Å². The van der Waals surface area contributed by atoms with E-state index in [9.17, 15) is 13.6 Å². The maximum atomic E-state index is 12.0. The predicted molar refractivity (Wildman–Crippen MR) is 81.9 cm³/mol. The van der Waals surface area contributed by atoms with E-state index in [0.29, 0.717) is 15.2 Å². The average molecular weight is 346 g/mol. The summed E-state index contributed by atoms with van der Waals surface area (Å²) in [5, 5.41) is 14.0. The molecule has 0 atom stereocenters. The van der Waals surface area contributed by atoms with E-state index >= 15 is 0 Å². The molecule has 0 saturated carbocycles. The molecule has 2 N–H and O–H groups in total. The number of nitrogens with zero attached hydrogens (tertiary/aromatic N) is 2. The molecule has 0 fully saturated rings. The second-order valence-electron chi connectivity index (χ2n) is 3.86. The lowest BCUT2D eigenvalue weighted by Crippen LogP contribution is -2.13. The predicted octanol–water partition coefficient (Wildman–Crippen LogP) is 2.91. The Labute approximate surface area is 133 Å². The normalized spacial score (nSPS) is 10.5. The number of hydrogen-bond donors (Lipinski definition) is 2. The molecule has 1 aromatic carbocycles.